The van der Waals surface area contributed by atoms with Crippen molar-refractivity contribution in [2.75, 3.05) is 17.7 Å². The predicted octanol–water partition coefficient (Wildman–Crippen LogP) is 1.92. The number of hydrogen-bond donors (Lipinski definition) is 2. The first-order valence-electron chi connectivity index (χ1n) is 8.97. The lowest BCUT2D eigenvalue weighted by molar-refractivity contribution is -0.119. The van der Waals surface area contributed by atoms with Crippen LogP contribution in [0.1, 0.15) is 44.5 Å². The van der Waals surface area contributed by atoms with E-state index >= 15 is 0 Å². The van der Waals surface area contributed by atoms with E-state index in [4.69, 9.17) is 10.5 Å². The van der Waals surface area contributed by atoms with Gasteiger partial charge in [0.05, 0.1) is 21.8 Å². The lowest BCUT2D eigenvalue weighted by atomic mass is 10.1. The second kappa shape index (κ2) is 8.34. The number of sulfone groups is 1. The molecule has 0 atom stereocenters. The van der Waals surface area contributed by atoms with E-state index in [0.29, 0.717) is 10.6 Å². The Bertz CT molecular complexity index is 1090. The first-order chi connectivity index (χ1) is 13.7. The number of aryl methyl sites for hydroxylation is 1. The summed E-state index contributed by atoms with van der Waals surface area (Å²) in [7, 11) is -3.63. The van der Waals surface area contributed by atoms with Crippen LogP contribution in [0.25, 0.3) is 0 Å². The van der Waals surface area contributed by atoms with Gasteiger partial charge in [0.15, 0.2) is 16.4 Å². The highest BCUT2D eigenvalue weighted by Gasteiger charge is 2.27. The standard InChI is InChI=1S/C19H20N2O6S2/c1-2-29(25,26)14-9-4-3-6-12(14)19(24)27-10-15(22)21-18-16(17(20)23)11-7-5-8-13(11)28-18/h3-4,6,9H,2,5,7-8,10H2,1H3,(H2,20,23)(H,21,22). The molecule has 0 spiro atoms. The first-order valence-corrected chi connectivity index (χ1v) is 11.4. The van der Waals surface area contributed by atoms with Crippen molar-refractivity contribution in [2.24, 2.45) is 5.73 Å². The molecule has 2 amide bonds. The minimum Gasteiger partial charge on any atom is -0.452 e. The number of benzene rings is 1. The molecule has 0 bridgehead atoms. The van der Waals surface area contributed by atoms with Crippen LogP contribution in [0, 0.1) is 0 Å². The van der Waals surface area contributed by atoms with Crippen LogP contribution in [0.15, 0.2) is 29.2 Å². The Labute approximate surface area is 172 Å². The lowest BCUT2D eigenvalue weighted by Gasteiger charge is -2.10. The number of amides is 2. The molecule has 0 fully saturated rings. The Morgan fingerprint density at radius 2 is 1.93 bits per heavy atom. The molecule has 29 heavy (non-hydrogen) atoms. The number of rotatable bonds is 7. The molecule has 1 heterocycles. The largest absolute Gasteiger partial charge is 0.452 e. The molecule has 1 aliphatic carbocycles. The van der Waals surface area contributed by atoms with E-state index in [2.05, 4.69) is 5.32 Å². The smallest absolute Gasteiger partial charge is 0.339 e. The summed E-state index contributed by atoms with van der Waals surface area (Å²) in [4.78, 5) is 37.2. The minimum absolute atomic E-state index is 0.130. The Kier molecular flexibility index (Phi) is 6.04. The van der Waals surface area contributed by atoms with Gasteiger partial charge in [-0.3, -0.25) is 9.59 Å². The van der Waals surface area contributed by atoms with Crippen LogP contribution in [-0.2, 0) is 32.2 Å². The molecule has 0 aliphatic heterocycles. The third-order valence-electron chi connectivity index (χ3n) is 4.58. The second-order valence-corrected chi connectivity index (χ2v) is 9.80. The summed E-state index contributed by atoms with van der Waals surface area (Å²) >= 11 is 1.29. The van der Waals surface area contributed by atoms with Gasteiger partial charge in [-0.1, -0.05) is 19.1 Å². The van der Waals surface area contributed by atoms with Gasteiger partial charge in [0.25, 0.3) is 11.8 Å². The zero-order valence-electron chi connectivity index (χ0n) is 15.7. The molecule has 0 unspecified atom stereocenters. The number of primary amides is 1. The molecule has 3 N–H and O–H groups in total. The van der Waals surface area contributed by atoms with E-state index in [1.165, 1.54) is 42.5 Å². The molecule has 3 rings (SSSR count). The topological polar surface area (TPSA) is 133 Å². The zero-order chi connectivity index (χ0) is 21.2. The number of thiophene rings is 1. The van der Waals surface area contributed by atoms with E-state index in [0.717, 1.165) is 29.7 Å². The molecule has 1 aromatic carbocycles. The normalized spacial score (nSPS) is 13.0. The average Bonchev–Trinajstić information content (AvgIpc) is 3.26. The van der Waals surface area contributed by atoms with E-state index in [1.807, 2.05) is 0 Å². The maximum absolute atomic E-state index is 12.3. The highest BCUT2D eigenvalue weighted by Crippen LogP contribution is 2.38. The Hall–Kier alpha value is -2.72. The Balaban J connectivity index is 1.70. The quantitative estimate of drug-likeness (QED) is 0.637. The summed E-state index contributed by atoms with van der Waals surface area (Å²) in [6, 6.07) is 5.67. The summed E-state index contributed by atoms with van der Waals surface area (Å²) in [6.07, 6.45) is 2.50. The fourth-order valence-electron chi connectivity index (χ4n) is 3.19. The number of esters is 1. The molecule has 2 aromatic rings. The van der Waals surface area contributed by atoms with Gasteiger partial charge < -0.3 is 15.8 Å². The number of nitrogens with one attached hydrogen (secondary N) is 1. The summed E-state index contributed by atoms with van der Waals surface area (Å²) in [6.45, 7) is 0.847. The summed E-state index contributed by atoms with van der Waals surface area (Å²) in [5, 5.41) is 2.91. The summed E-state index contributed by atoms with van der Waals surface area (Å²) in [5.41, 5.74) is 6.50. The third kappa shape index (κ3) is 4.33. The van der Waals surface area contributed by atoms with Crippen molar-refractivity contribution in [1.82, 2.24) is 0 Å². The van der Waals surface area contributed by atoms with Gasteiger partial charge >= 0.3 is 5.97 Å². The second-order valence-electron chi connectivity index (χ2n) is 6.45. The van der Waals surface area contributed by atoms with Crippen molar-refractivity contribution in [3.05, 3.63) is 45.8 Å². The van der Waals surface area contributed by atoms with Gasteiger partial charge in [0.1, 0.15) is 5.00 Å². The number of carbonyl (C=O) groups is 3. The number of fused-ring (bicyclic) bond motifs is 1. The van der Waals surface area contributed by atoms with Crippen molar-refractivity contribution < 1.29 is 27.5 Å². The maximum atomic E-state index is 12.3. The number of carbonyl (C=O) groups excluding carboxylic acids is 3. The average molecular weight is 437 g/mol. The molecular weight excluding hydrogens is 416 g/mol. The van der Waals surface area contributed by atoms with Crippen LogP contribution in [-0.4, -0.2) is 38.6 Å². The fourth-order valence-corrected chi connectivity index (χ4v) is 5.58. The third-order valence-corrected chi connectivity index (χ3v) is 7.57. The summed E-state index contributed by atoms with van der Waals surface area (Å²) < 4.78 is 29.3. The number of nitrogens with two attached hydrogens (primary N) is 1. The molecule has 10 heteroatoms. The van der Waals surface area contributed by atoms with E-state index in [1.54, 1.807) is 0 Å². The van der Waals surface area contributed by atoms with Gasteiger partial charge in [-0.05, 0) is 37.0 Å². The molecule has 0 saturated carbocycles. The molecule has 8 nitrogen and oxygen atoms in total. The summed E-state index contributed by atoms with van der Waals surface area (Å²) in [5.74, 6) is -2.35. The van der Waals surface area contributed by atoms with Gasteiger partial charge in [-0.2, -0.15) is 0 Å². The molecule has 0 radical (unpaired) electrons. The monoisotopic (exact) mass is 436 g/mol. The fraction of sp³-hybridized carbons (Fsp3) is 0.316. The lowest BCUT2D eigenvalue weighted by Crippen LogP contribution is -2.23. The Morgan fingerprint density at radius 3 is 2.62 bits per heavy atom. The van der Waals surface area contributed by atoms with E-state index in [9.17, 15) is 22.8 Å². The van der Waals surface area contributed by atoms with E-state index in [-0.39, 0.29) is 16.2 Å². The highest BCUT2D eigenvalue weighted by molar-refractivity contribution is 7.91. The molecule has 1 aromatic heterocycles. The van der Waals surface area contributed by atoms with Gasteiger partial charge in [-0.15, -0.1) is 11.3 Å². The minimum atomic E-state index is -3.63. The van der Waals surface area contributed by atoms with Crippen molar-refractivity contribution in [2.45, 2.75) is 31.1 Å². The van der Waals surface area contributed by atoms with E-state index < -0.39 is 34.2 Å². The van der Waals surface area contributed by atoms with Crippen LogP contribution >= 0.6 is 11.3 Å². The SMILES string of the molecule is CCS(=O)(=O)c1ccccc1C(=O)OCC(=O)Nc1sc2c(c1C(N)=O)CCC2. The van der Waals surface area contributed by atoms with Crippen LogP contribution in [0.5, 0.6) is 0 Å². The maximum Gasteiger partial charge on any atom is 0.339 e. The highest BCUT2D eigenvalue weighted by atomic mass is 32.2. The van der Waals surface area contributed by atoms with Crippen molar-refractivity contribution >= 4 is 44.0 Å². The number of hydrogen-bond acceptors (Lipinski definition) is 7. The van der Waals surface area contributed by atoms with Gasteiger partial charge in [0.2, 0.25) is 0 Å². The van der Waals surface area contributed by atoms with Gasteiger partial charge in [0, 0.05) is 4.88 Å². The molecular formula is C19H20N2O6S2. The Morgan fingerprint density at radius 1 is 1.21 bits per heavy atom. The van der Waals surface area contributed by atoms with Gasteiger partial charge in [-0.25, -0.2) is 13.2 Å². The van der Waals surface area contributed by atoms with Crippen molar-refractivity contribution in [1.29, 1.82) is 0 Å². The number of anilines is 1. The van der Waals surface area contributed by atoms with Crippen molar-refractivity contribution in [3.63, 3.8) is 0 Å². The molecule has 0 saturated heterocycles. The van der Waals surface area contributed by atoms with Crippen molar-refractivity contribution in [3.8, 4) is 0 Å². The van der Waals surface area contributed by atoms with Crippen LogP contribution in [0.4, 0.5) is 5.00 Å². The molecule has 1 aliphatic rings. The zero-order valence-corrected chi connectivity index (χ0v) is 17.3. The molecule has 154 valence electrons. The van der Waals surface area contributed by atoms with Crippen LogP contribution in [0.3, 0.4) is 0 Å². The predicted molar refractivity (Wildman–Crippen MR) is 108 cm³/mol. The van der Waals surface area contributed by atoms with Crippen LogP contribution < -0.4 is 11.1 Å². The number of ether oxygens (including phenoxy) is 1. The van der Waals surface area contributed by atoms with Crippen LogP contribution in [0.2, 0.25) is 0 Å². The first kappa shape index (κ1) is 21.0.